The van der Waals surface area contributed by atoms with Crippen LogP contribution in [0.4, 0.5) is 8.78 Å². The summed E-state index contributed by atoms with van der Waals surface area (Å²) >= 11 is 0. The van der Waals surface area contributed by atoms with Crippen LogP contribution in [0, 0.1) is 11.6 Å². The molecule has 0 aliphatic heterocycles. The first-order valence-electron chi connectivity index (χ1n) is 6.43. The zero-order valence-electron chi connectivity index (χ0n) is 10.7. The molecular formula is C15H13F2NO2. The van der Waals surface area contributed by atoms with Crippen LogP contribution in [0.15, 0.2) is 41.0 Å². The summed E-state index contributed by atoms with van der Waals surface area (Å²) in [4.78, 5) is 13.9. The molecule has 1 fully saturated rings. The van der Waals surface area contributed by atoms with Gasteiger partial charge in [-0.3, -0.25) is 4.79 Å². The number of carbonyl (C=O) groups excluding carboxylic acids is 1. The molecule has 1 aromatic carbocycles. The number of carbonyl (C=O) groups is 1. The molecule has 3 rings (SSSR count). The molecule has 3 nitrogen and oxygen atoms in total. The molecule has 1 aliphatic rings. The van der Waals surface area contributed by atoms with E-state index in [4.69, 9.17) is 4.42 Å². The highest BCUT2D eigenvalue weighted by molar-refractivity contribution is 5.91. The number of amides is 1. The molecule has 1 saturated carbocycles. The third-order valence-electron chi connectivity index (χ3n) is 3.34. The SMILES string of the molecule is O=C(c1ccco1)N(Cc1ccc(F)cc1F)C1CC1. The van der Waals surface area contributed by atoms with Gasteiger partial charge in [-0.25, -0.2) is 8.78 Å². The highest BCUT2D eigenvalue weighted by Crippen LogP contribution is 2.30. The van der Waals surface area contributed by atoms with Gasteiger partial charge in [0.2, 0.25) is 0 Å². The second-order valence-electron chi connectivity index (χ2n) is 4.88. The highest BCUT2D eigenvalue weighted by Gasteiger charge is 2.34. The molecule has 1 amide bonds. The average Bonchev–Trinajstić information content (AvgIpc) is 3.11. The van der Waals surface area contributed by atoms with Gasteiger partial charge in [0.25, 0.3) is 5.91 Å². The van der Waals surface area contributed by atoms with Crippen LogP contribution in [0.25, 0.3) is 0 Å². The van der Waals surface area contributed by atoms with Crippen LogP contribution in [0.5, 0.6) is 0 Å². The lowest BCUT2D eigenvalue weighted by Crippen LogP contribution is -2.32. The first-order valence-corrected chi connectivity index (χ1v) is 6.43. The van der Waals surface area contributed by atoms with Crippen LogP contribution in [-0.4, -0.2) is 16.8 Å². The summed E-state index contributed by atoms with van der Waals surface area (Å²) in [5.41, 5.74) is 0.304. The van der Waals surface area contributed by atoms with Crippen molar-refractivity contribution in [2.24, 2.45) is 0 Å². The molecule has 104 valence electrons. The minimum atomic E-state index is -0.636. The minimum Gasteiger partial charge on any atom is -0.459 e. The van der Waals surface area contributed by atoms with Gasteiger partial charge in [0.15, 0.2) is 5.76 Å². The van der Waals surface area contributed by atoms with E-state index in [1.54, 1.807) is 17.0 Å². The van der Waals surface area contributed by atoms with E-state index in [0.29, 0.717) is 5.56 Å². The van der Waals surface area contributed by atoms with Gasteiger partial charge in [-0.2, -0.15) is 0 Å². The topological polar surface area (TPSA) is 33.5 Å². The Balaban J connectivity index is 1.83. The van der Waals surface area contributed by atoms with Crippen molar-refractivity contribution in [1.82, 2.24) is 4.90 Å². The van der Waals surface area contributed by atoms with Crippen molar-refractivity contribution in [3.63, 3.8) is 0 Å². The second-order valence-corrected chi connectivity index (χ2v) is 4.88. The van der Waals surface area contributed by atoms with Gasteiger partial charge >= 0.3 is 0 Å². The predicted molar refractivity (Wildman–Crippen MR) is 68.0 cm³/mol. The minimum absolute atomic E-state index is 0.108. The van der Waals surface area contributed by atoms with E-state index in [1.165, 1.54) is 18.4 Å². The number of halogens is 2. The molecule has 1 aliphatic carbocycles. The Bertz CT molecular complexity index is 621. The Morgan fingerprint density at radius 1 is 1.30 bits per heavy atom. The fraction of sp³-hybridized carbons (Fsp3) is 0.267. The van der Waals surface area contributed by atoms with E-state index in [1.807, 2.05) is 0 Å². The van der Waals surface area contributed by atoms with Gasteiger partial charge in [-0.05, 0) is 31.0 Å². The quantitative estimate of drug-likeness (QED) is 0.858. The van der Waals surface area contributed by atoms with Crippen molar-refractivity contribution in [3.05, 3.63) is 59.6 Å². The van der Waals surface area contributed by atoms with Gasteiger partial charge < -0.3 is 9.32 Å². The van der Waals surface area contributed by atoms with Crippen molar-refractivity contribution < 1.29 is 18.0 Å². The van der Waals surface area contributed by atoms with Crippen LogP contribution >= 0.6 is 0 Å². The fourth-order valence-corrected chi connectivity index (χ4v) is 2.13. The molecule has 0 radical (unpaired) electrons. The first kappa shape index (κ1) is 12.8. The second kappa shape index (κ2) is 5.07. The van der Waals surface area contributed by atoms with Crippen molar-refractivity contribution in [2.75, 3.05) is 0 Å². The van der Waals surface area contributed by atoms with Crippen LogP contribution < -0.4 is 0 Å². The lowest BCUT2D eigenvalue weighted by Gasteiger charge is -2.21. The summed E-state index contributed by atoms with van der Waals surface area (Å²) < 4.78 is 31.7. The van der Waals surface area contributed by atoms with Crippen LogP contribution in [-0.2, 0) is 6.54 Å². The maximum absolute atomic E-state index is 13.7. The summed E-state index contributed by atoms with van der Waals surface area (Å²) in [6.45, 7) is 0.121. The number of furan rings is 1. The van der Waals surface area contributed by atoms with E-state index < -0.39 is 11.6 Å². The number of rotatable bonds is 4. The van der Waals surface area contributed by atoms with Crippen LogP contribution in [0.2, 0.25) is 0 Å². The largest absolute Gasteiger partial charge is 0.459 e. The summed E-state index contributed by atoms with van der Waals surface area (Å²) in [5, 5.41) is 0. The molecule has 0 spiro atoms. The number of benzene rings is 1. The number of hydrogen-bond acceptors (Lipinski definition) is 2. The summed E-state index contributed by atoms with van der Waals surface area (Å²) in [6.07, 6.45) is 3.22. The molecule has 2 aromatic rings. The number of hydrogen-bond donors (Lipinski definition) is 0. The zero-order valence-corrected chi connectivity index (χ0v) is 10.7. The molecule has 1 heterocycles. The molecule has 0 unspecified atom stereocenters. The van der Waals surface area contributed by atoms with Crippen molar-refractivity contribution in [3.8, 4) is 0 Å². The third-order valence-corrected chi connectivity index (χ3v) is 3.34. The van der Waals surface area contributed by atoms with E-state index in [2.05, 4.69) is 0 Å². The zero-order chi connectivity index (χ0) is 14.1. The molecule has 5 heteroatoms. The predicted octanol–water partition coefficient (Wildman–Crippen LogP) is 3.36. The average molecular weight is 277 g/mol. The van der Waals surface area contributed by atoms with E-state index in [-0.39, 0.29) is 24.3 Å². The summed E-state index contributed by atoms with van der Waals surface area (Å²) in [6, 6.07) is 6.72. The molecule has 20 heavy (non-hydrogen) atoms. The van der Waals surface area contributed by atoms with Crippen LogP contribution in [0.1, 0.15) is 29.0 Å². The first-order chi connectivity index (χ1) is 9.65. The Hall–Kier alpha value is -2.17. The number of nitrogens with zero attached hydrogens (tertiary/aromatic N) is 1. The molecule has 0 saturated heterocycles. The lowest BCUT2D eigenvalue weighted by molar-refractivity contribution is 0.0696. The molecular weight excluding hydrogens is 264 g/mol. The maximum atomic E-state index is 13.7. The fourth-order valence-electron chi connectivity index (χ4n) is 2.13. The smallest absolute Gasteiger partial charge is 0.290 e. The lowest BCUT2D eigenvalue weighted by atomic mass is 10.2. The van der Waals surface area contributed by atoms with Gasteiger partial charge in [0, 0.05) is 24.2 Å². The Kier molecular flexibility index (Phi) is 3.26. The van der Waals surface area contributed by atoms with Crippen molar-refractivity contribution in [2.45, 2.75) is 25.4 Å². The molecule has 0 atom stereocenters. The summed E-state index contributed by atoms with van der Waals surface area (Å²) in [5.74, 6) is -1.29. The van der Waals surface area contributed by atoms with Crippen molar-refractivity contribution in [1.29, 1.82) is 0 Å². The molecule has 0 bridgehead atoms. The Morgan fingerprint density at radius 3 is 2.70 bits per heavy atom. The van der Waals surface area contributed by atoms with Gasteiger partial charge in [0.05, 0.1) is 6.26 Å². The van der Waals surface area contributed by atoms with Gasteiger partial charge in [0.1, 0.15) is 11.6 Å². The normalized spacial score (nSPS) is 14.3. The molecule has 0 N–H and O–H groups in total. The van der Waals surface area contributed by atoms with E-state index >= 15 is 0 Å². The summed E-state index contributed by atoms with van der Waals surface area (Å²) in [7, 11) is 0. The highest BCUT2D eigenvalue weighted by atomic mass is 19.1. The van der Waals surface area contributed by atoms with E-state index in [9.17, 15) is 13.6 Å². The van der Waals surface area contributed by atoms with Crippen LogP contribution in [0.3, 0.4) is 0 Å². The monoisotopic (exact) mass is 277 g/mol. The van der Waals surface area contributed by atoms with E-state index in [0.717, 1.165) is 18.9 Å². The Labute approximate surface area is 114 Å². The standard InChI is InChI=1S/C15H13F2NO2/c16-11-4-3-10(13(17)8-11)9-18(12-5-6-12)15(19)14-2-1-7-20-14/h1-4,7-8,12H,5-6,9H2. The van der Waals surface area contributed by atoms with Crippen molar-refractivity contribution >= 4 is 5.91 Å². The maximum Gasteiger partial charge on any atom is 0.290 e. The van der Waals surface area contributed by atoms with Gasteiger partial charge in [-0.15, -0.1) is 0 Å². The Morgan fingerprint density at radius 2 is 2.10 bits per heavy atom. The third kappa shape index (κ3) is 2.57. The van der Waals surface area contributed by atoms with Gasteiger partial charge in [-0.1, -0.05) is 6.07 Å². The molecule has 1 aromatic heterocycles.